The fourth-order valence-electron chi connectivity index (χ4n) is 1.71. The Balaban J connectivity index is 1.92. The summed E-state index contributed by atoms with van der Waals surface area (Å²) in [5.41, 5.74) is 0.236. The predicted octanol–water partition coefficient (Wildman–Crippen LogP) is 1.56. The molecule has 18 heavy (non-hydrogen) atoms. The molecular formula is C10H12F3N3O2. The van der Waals surface area contributed by atoms with Crippen LogP contribution in [0.4, 0.5) is 18.9 Å². The largest absolute Gasteiger partial charge is 0.408 e. The van der Waals surface area contributed by atoms with Crippen molar-refractivity contribution in [3.8, 4) is 0 Å². The van der Waals surface area contributed by atoms with Crippen molar-refractivity contribution < 1.29 is 22.7 Å². The summed E-state index contributed by atoms with van der Waals surface area (Å²) < 4.78 is 42.2. The highest BCUT2D eigenvalue weighted by atomic mass is 19.4. The second kappa shape index (κ2) is 4.97. The third-order valence-electron chi connectivity index (χ3n) is 2.46. The van der Waals surface area contributed by atoms with Crippen LogP contribution in [-0.4, -0.2) is 34.6 Å². The van der Waals surface area contributed by atoms with Crippen molar-refractivity contribution >= 4 is 11.6 Å². The van der Waals surface area contributed by atoms with Crippen molar-refractivity contribution in [3.05, 3.63) is 12.4 Å². The second-order valence-electron chi connectivity index (χ2n) is 4.03. The molecule has 5 nitrogen and oxygen atoms in total. The third-order valence-corrected chi connectivity index (χ3v) is 2.46. The van der Waals surface area contributed by atoms with Gasteiger partial charge in [0.25, 0.3) is 5.91 Å². The summed E-state index contributed by atoms with van der Waals surface area (Å²) in [6.07, 6.45) is -1.09. The van der Waals surface area contributed by atoms with Crippen LogP contribution in [0, 0.1) is 0 Å². The van der Waals surface area contributed by atoms with Gasteiger partial charge in [0.15, 0.2) is 0 Å². The van der Waals surface area contributed by atoms with Gasteiger partial charge in [-0.25, -0.2) is 0 Å². The Kier molecular flexibility index (Phi) is 3.55. The molecule has 0 saturated carbocycles. The molecule has 1 N–H and O–H groups in total. The Morgan fingerprint density at radius 2 is 2.39 bits per heavy atom. The van der Waals surface area contributed by atoms with Crippen LogP contribution in [0.1, 0.15) is 12.8 Å². The highest BCUT2D eigenvalue weighted by molar-refractivity contribution is 5.94. The van der Waals surface area contributed by atoms with E-state index >= 15 is 0 Å². The van der Waals surface area contributed by atoms with Crippen LogP contribution in [0.5, 0.6) is 0 Å². The summed E-state index contributed by atoms with van der Waals surface area (Å²) in [7, 11) is 0. The van der Waals surface area contributed by atoms with Gasteiger partial charge in [-0.1, -0.05) is 0 Å². The Labute approximate surface area is 101 Å². The quantitative estimate of drug-likeness (QED) is 0.900. The molecule has 0 unspecified atom stereocenters. The smallest absolute Gasteiger partial charge is 0.368 e. The van der Waals surface area contributed by atoms with E-state index in [1.165, 1.54) is 6.20 Å². The van der Waals surface area contributed by atoms with Gasteiger partial charge in [0.2, 0.25) is 0 Å². The lowest BCUT2D eigenvalue weighted by molar-refractivity contribution is -0.142. The van der Waals surface area contributed by atoms with Crippen LogP contribution in [0.2, 0.25) is 0 Å². The predicted molar refractivity (Wildman–Crippen MR) is 55.9 cm³/mol. The first kappa shape index (κ1) is 12.9. The summed E-state index contributed by atoms with van der Waals surface area (Å²) >= 11 is 0. The minimum atomic E-state index is -4.33. The zero-order chi connectivity index (χ0) is 13.2. The van der Waals surface area contributed by atoms with Crippen molar-refractivity contribution in [1.29, 1.82) is 0 Å². The molecule has 1 aromatic rings. The number of amides is 1. The molecule has 0 aromatic carbocycles. The van der Waals surface area contributed by atoms with Gasteiger partial charge < -0.3 is 10.1 Å². The Hall–Kier alpha value is -1.57. The topological polar surface area (TPSA) is 56.2 Å². The summed E-state index contributed by atoms with van der Waals surface area (Å²) in [5, 5.41) is 6.00. The van der Waals surface area contributed by atoms with Gasteiger partial charge in [0.1, 0.15) is 12.6 Å². The highest BCUT2D eigenvalue weighted by Crippen LogP contribution is 2.19. The Morgan fingerprint density at radius 1 is 1.61 bits per heavy atom. The number of alkyl halides is 3. The minimum absolute atomic E-state index is 0.236. The van der Waals surface area contributed by atoms with E-state index in [0.29, 0.717) is 13.0 Å². The van der Waals surface area contributed by atoms with E-state index in [2.05, 4.69) is 10.4 Å². The summed E-state index contributed by atoms with van der Waals surface area (Å²) in [6.45, 7) is -0.645. The third kappa shape index (κ3) is 3.46. The monoisotopic (exact) mass is 263 g/mol. The molecule has 0 bridgehead atoms. The SMILES string of the molecule is O=C(Nc1cnn(CC(F)(F)F)c1)[C@H]1CCCO1. The molecule has 1 fully saturated rings. The molecule has 1 atom stereocenters. The number of nitrogens with one attached hydrogen (secondary N) is 1. The molecule has 100 valence electrons. The summed E-state index contributed by atoms with van der Waals surface area (Å²) in [5.74, 6) is -0.348. The molecule has 8 heteroatoms. The summed E-state index contributed by atoms with van der Waals surface area (Å²) in [4.78, 5) is 11.6. The number of carbonyl (C=O) groups is 1. The fourth-order valence-corrected chi connectivity index (χ4v) is 1.71. The van der Waals surface area contributed by atoms with Crippen LogP contribution in [-0.2, 0) is 16.1 Å². The number of rotatable bonds is 3. The first-order valence-electron chi connectivity index (χ1n) is 5.46. The van der Waals surface area contributed by atoms with Crippen LogP contribution in [0.3, 0.4) is 0 Å². The molecule has 1 aliphatic heterocycles. The van der Waals surface area contributed by atoms with Crippen molar-refractivity contribution in [2.75, 3.05) is 11.9 Å². The van der Waals surface area contributed by atoms with Crippen molar-refractivity contribution in [2.45, 2.75) is 31.7 Å². The second-order valence-corrected chi connectivity index (χ2v) is 4.03. The molecule has 0 spiro atoms. The maximum Gasteiger partial charge on any atom is 0.408 e. The van der Waals surface area contributed by atoms with Crippen LogP contribution < -0.4 is 5.32 Å². The van der Waals surface area contributed by atoms with Gasteiger partial charge in [-0.2, -0.15) is 18.3 Å². The molecular weight excluding hydrogens is 251 g/mol. The van der Waals surface area contributed by atoms with Crippen molar-refractivity contribution in [3.63, 3.8) is 0 Å². The number of hydrogen-bond donors (Lipinski definition) is 1. The van der Waals surface area contributed by atoms with Gasteiger partial charge in [-0.15, -0.1) is 0 Å². The zero-order valence-electron chi connectivity index (χ0n) is 9.41. The van der Waals surface area contributed by atoms with Crippen molar-refractivity contribution in [1.82, 2.24) is 9.78 Å². The van der Waals surface area contributed by atoms with E-state index in [1.54, 1.807) is 0 Å². The van der Waals surface area contributed by atoms with Crippen LogP contribution >= 0.6 is 0 Å². The standard InChI is InChI=1S/C10H12F3N3O2/c11-10(12,13)6-16-5-7(4-14-16)15-9(17)8-2-1-3-18-8/h4-5,8H,1-3,6H2,(H,15,17)/t8-/m1/s1. The van der Waals surface area contributed by atoms with Gasteiger partial charge in [-0.3, -0.25) is 9.48 Å². The average Bonchev–Trinajstić information content (AvgIpc) is 2.86. The molecule has 2 heterocycles. The lowest BCUT2D eigenvalue weighted by Crippen LogP contribution is -2.26. The van der Waals surface area contributed by atoms with E-state index in [1.807, 2.05) is 0 Å². The van der Waals surface area contributed by atoms with Gasteiger partial charge >= 0.3 is 6.18 Å². The lowest BCUT2D eigenvalue weighted by atomic mass is 10.2. The maximum atomic E-state index is 12.1. The first-order chi connectivity index (χ1) is 8.44. The van der Waals surface area contributed by atoms with Crippen molar-refractivity contribution in [2.24, 2.45) is 0 Å². The molecule has 2 rings (SSSR count). The number of hydrogen-bond acceptors (Lipinski definition) is 3. The molecule has 1 aliphatic rings. The number of nitrogens with zero attached hydrogens (tertiary/aromatic N) is 2. The van der Waals surface area contributed by atoms with Gasteiger partial charge in [0, 0.05) is 12.8 Å². The van der Waals surface area contributed by atoms with Gasteiger partial charge in [-0.05, 0) is 12.8 Å². The fraction of sp³-hybridized carbons (Fsp3) is 0.600. The number of carbonyl (C=O) groups excluding carboxylic acids is 1. The lowest BCUT2D eigenvalue weighted by Gasteiger charge is -2.08. The van der Waals surface area contributed by atoms with Crippen LogP contribution in [0.15, 0.2) is 12.4 Å². The van der Waals surface area contributed by atoms with E-state index in [4.69, 9.17) is 4.74 Å². The molecule has 0 aliphatic carbocycles. The molecule has 1 saturated heterocycles. The minimum Gasteiger partial charge on any atom is -0.368 e. The van der Waals surface area contributed by atoms with E-state index in [9.17, 15) is 18.0 Å². The Morgan fingerprint density at radius 3 is 3.00 bits per heavy atom. The molecule has 1 amide bonds. The van der Waals surface area contributed by atoms with Gasteiger partial charge in [0.05, 0.1) is 11.9 Å². The molecule has 1 aromatic heterocycles. The van der Waals surface area contributed by atoms with E-state index < -0.39 is 18.8 Å². The number of anilines is 1. The molecule has 0 radical (unpaired) electrons. The Bertz CT molecular complexity index is 424. The maximum absolute atomic E-state index is 12.1. The zero-order valence-corrected chi connectivity index (χ0v) is 9.41. The van der Waals surface area contributed by atoms with E-state index in [-0.39, 0.29) is 11.6 Å². The highest BCUT2D eigenvalue weighted by Gasteiger charge is 2.29. The van der Waals surface area contributed by atoms with E-state index in [0.717, 1.165) is 17.3 Å². The number of halogens is 3. The number of aromatic nitrogens is 2. The average molecular weight is 263 g/mol. The summed E-state index contributed by atoms with van der Waals surface area (Å²) in [6, 6.07) is 0. The first-order valence-corrected chi connectivity index (χ1v) is 5.46. The number of ether oxygens (including phenoxy) is 1. The van der Waals surface area contributed by atoms with Crippen LogP contribution in [0.25, 0.3) is 0 Å². The normalized spacial score (nSPS) is 20.1.